The minimum atomic E-state index is -0.355. The summed E-state index contributed by atoms with van der Waals surface area (Å²) in [6.45, 7) is 0. The van der Waals surface area contributed by atoms with Crippen molar-refractivity contribution in [3.63, 3.8) is 0 Å². The van der Waals surface area contributed by atoms with Gasteiger partial charge in [0.1, 0.15) is 0 Å². The second-order valence-electron chi connectivity index (χ2n) is 4.67. The Morgan fingerprint density at radius 3 is 3.21 bits per heavy atom. The Morgan fingerprint density at radius 1 is 1.58 bits per heavy atom. The van der Waals surface area contributed by atoms with Crippen LogP contribution in [0.3, 0.4) is 0 Å². The largest absolute Gasteiger partial charge is 0.465 e. The monoisotopic (exact) mass is 277 g/mol. The van der Waals surface area contributed by atoms with E-state index in [0.29, 0.717) is 11.5 Å². The predicted octanol–water partition coefficient (Wildman–Crippen LogP) is 1.81. The zero-order valence-corrected chi connectivity index (χ0v) is 11.5. The van der Waals surface area contributed by atoms with Gasteiger partial charge in [0.2, 0.25) is 0 Å². The summed E-state index contributed by atoms with van der Waals surface area (Å²) in [6, 6.07) is 3.51. The van der Waals surface area contributed by atoms with Crippen molar-refractivity contribution in [1.82, 2.24) is 14.6 Å². The number of pyridine rings is 1. The molecule has 19 heavy (non-hydrogen) atoms. The third-order valence-electron chi connectivity index (χ3n) is 3.29. The number of esters is 1. The van der Waals surface area contributed by atoms with Gasteiger partial charge in [-0.3, -0.25) is 0 Å². The smallest absolute Gasteiger partial charge is 0.339 e. The highest BCUT2D eigenvalue weighted by Gasteiger charge is 2.18. The number of hydrogen-bond acceptors (Lipinski definition) is 5. The van der Waals surface area contributed by atoms with Crippen molar-refractivity contribution in [3.05, 3.63) is 29.7 Å². The van der Waals surface area contributed by atoms with Crippen LogP contribution >= 0.6 is 11.8 Å². The van der Waals surface area contributed by atoms with Crippen LogP contribution in [-0.4, -0.2) is 39.2 Å². The molecule has 5 nitrogen and oxygen atoms in total. The topological polar surface area (TPSA) is 56.5 Å². The summed E-state index contributed by atoms with van der Waals surface area (Å²) in [5.74, 6) is 3.62. The summed E-state index contributed by atoms with van der Waals surface area (Å²) >= 11 is 1.99. The summed E-state index contributed by atoms with van der Waals surface area (Å²) in [7, 11) is 1.37. The van der Waals surface area contributed by atoms with Gasteiger partial charge < -0.3 is 4.74 Å². The fourth-order valence-corrected chi connectivity index (χ4v) is 3.54. The van der Waals surface area contributed by atoms with Gasteiger partial charge in [-0.15, -0.1) is 0 Å². The van der Waals surface area contributed by atoms with Gasteiger partial charge >= 0.3 is 5.97 Å². The Bertz CT molecular complexity index is 605. The van der Waals surface area contributed by atoms with Gasteiger partial charge in [-0.2, -0.15) is 16.9 Å². The summed E-state index contributed by atoms with van der Waals surface area (Å²) in [6.07, 6.45) is 3.83. The lowest BCUT2D eigenvalue weighted by atomic mass is 10.1. The molecule has 1 saturated heterocycles. The number of carbonyl (C=O) groups is 1. The molecule has 100 valence electrons. The highest BCUT2D eigenvalue weighted by Crippen LogP contribution is 2.25. The lowest BCUT2D eigenvalue weighted by Gasteiger charge is -2.02. The van der Waals surface area contributed by atoms with E-state index in [0.717, 1.165) is 17.9 Å². The van der Waals surface area contributed by atoms with Gasteiger partial charge in [-0.25, -0.2) is 14.3 Å². The molecule has 1 aliphatic rings. The van der Waals surface area contributed by atoms with E-state index >= 15 is 0 Å². The van der Waals surface area contributed by atoms with E-state index in [1.165, 1.54) is 25.0 Å². The van der Waals surface area contributed by atoms with E-state index in [2.05, 4.69) is 10.1 Å². The molecule has 1 unspecified atom stereocenters. The maximum atomic E-state index is 11.5. The molecule has 0 aromatic carbocycles. The third-order valence-corrected chi connectivity index (χ3v) is 4.52. The quantitative estimate of drug-likeness (QED) is 0.801. The molecule has 2 aromatic heterocycles. The molecule has 2 aromatic rings. The zero-order chi connectivity index (χ0) is 13.2. The first-order valence-corrected chi connectivity index (χ1v) is 7.43. The number of thioether (sulfide) groups is 1. The average Bonchev–Trinajstić information content (AvgIpc) is 3.05. The van der Waals surface area contributed by atoms with Gasteiger partial charge in [-0.1, -0.05) is 0 Å². The van der Waals surface area contributed by atoms with Gasteiger partial charge in [0.15, 0.2) is 11.5 Å². The van der Waals surface area contributed by atoms with E-state index in [-0.39, 0.29) is 5.97 Å². The van der Waals surface area contributed by atoms with Gasteiger partial charge in [0.05, 0.1) is 12.7 Å². The summed E-state index contributed by atoms with van der Waals surface area (Å²) in [5, 5.41) is 4.44. The number of rotatable bonds is 3. The first kappa shape index (κ1) is 12.5. The molecule has 3 rings (SSSR count). The molecule has 6 heteroatoms. The molecular formula is C13H15N3O2S. The van der Waals surface area contributed by atoms with Crippen LogP contribution < -0.4 is 0 Å². The van der Waals surface area contributed by atoms with Crippen molar-refractivity contribution in [2.45, 2.75) is 12.8 Å². The van der Waals surface area contributed by atoms with E-state index < -0.39 is 0 Å². The fourth-order valence-electron chi connectivity index (χ4n) is 2.26. The molecule has 3 heterocycles. The van der Waals surface area contributed by atoms with Crippen molar-refractivity contribution < 1.29 is 9.53 Å². The lowest BCUT2D eigenvalue weighted by Crippen LogP contribution is -2.04. The Morgan fingerprint density at radius 2 is 2.47 bits per heavy atom. The molecule has 0 spiro atoms. The van der Waals surface area contributed by atoms with Crippen LogP contribution in [0.2, 0.25) is 0 Å². The van der Waals surface area contributed by atoms with Crippen LogP contribution in [0.1, 0.15) is 22.6 Å². The van der Waals surface area contributed by atoms with Crippen LogP contribution in [0.25, 0.3) is 5.65 Å². The summed E-state index contributed by atoms with van der Waals surface area (Å²) in [5.41, 5.74) is 1.26. The number of hydrogen-bond donors (Lipinski definition) is 0. The number of nitrogens with zero attached hydrogens (tertiary/aromatic N) is 3. The molecule has 1 fully saturated rings. The third kappa shape index (κ3) is 2.58. The predicted molar refractivity (Wildman–Crippen MR) is 73.5 cm³/mol. The van der Waals surface area contributed by atoms with E-state index in [1.807, 2.05) is 11.8 Å². The Labute approximate surface area is 115 Å². The standard InChI is InChI=1S/C13H15N3O2S/c1-18-13(17)10-2-3-12-14-11(15-16(12)7-10)6-9-4-5-19-8-9/h2-3,7,9H,4-6,8H2,1H3. The van der Waals surface area contributed by atoms with Gasteiger partial charge in [0, 0.05) is 12.6 Å². The molecule has 0 aliphatic carbocycles. The Kier molecular flexibility index (Phi) is 3.42. The summed E-state index contributed by atoms with van der Waals surface area (Å²) < 4.78 is 6.35. The van der Waals surface area contributed by atoms with Crippen LogP contribution in [0.5, 0.6) is 0 Å². The molecule has 0 N–H and O–H groups in total. The highest BCUT2D eigenvalue weighted by atomic mass is 32.2. The molecule has 0 amide bonds. The van der Waals surface area contributed by atoms with Crippen LogP contribution in [0, 0.1) is 5.92 Å². The van der Waals surface area contributed by atoms with Crippen molar-refractivity contribution in [3.8, 4) is 0 Å². The van der Waals surface area contributed by atoms with Crippen molar-refractivity contribution >= 4 is 23.4 Å². The molecule has 1 atom stereocenters. The lowest BCUT2D eigenvalue weighted by molar-refractivity contribution is 0.0600. The van der Waals surface area contributed by atoms with Crippen molar-refractivity contribution in [2.75, 3.05) is 18.6 Å². The average molecular weight is 277 g/mol. The minimum absolute atomic E-state index is 0.355. The second kappa shape index (κ2) is 5.21. The normalized spacial score (nSPS) is 18.9. The molecule has 0 saturated carbocycles. The van der Waals surface area contributed by atoms with E-state index in [9.17, 15) is 4.79 Å². The maximum Gasteiger partial charge on any atom is 0.339 e. The summed E-state index contributed by atoms with van der Waals surface area (Å²) in [4.78, 5) is 15.9. The zero-order valence-electron chi connectivity index (χ0n) is 10.7. The molecule has 0 bridgehead atoms. The number of aromatic nitrogens is 3. The van der Waals surface area contributed by atoms with Crippen LogP contribution in [0.15, 0.2) is 18.3 Å². The van der Waals surface area contributed by atoms with Gasteiger partial charge in [0.25, 0.3) is 0 Å². The maximum absolute atomic E-state index is 11.5. The van der Waals surface area contributed by atoms with Crippen LogP contribution in [-0.2, 0) is 11.2 Å². The van der Waals surface area contributed by atoms with Crippen molar-refractivity contribution in [1.29, 1.82) is 0 Å². The fraction of sp³-hybridized carbons (Fsp3) is 0.462. The number of fused-ring (bicyclic) bond motifs is 1. The number of ether oxygens (including phenoxy) is 1. The number of carbonyl (C=O) groups excluding carboxylic acids is 1. The Hall–Kier alpha value is -1.56. The van der Waals surface area contributed by atoms with Gasteiger partial charge in [-0.05, 0) is 36.0 Å². The van der Waals surface area contributed by atoms with E-state index in [4.69, 9.17) is 4.74 Å². The minimum Gasteiger partial charge on any atom is -0.465 e. The SMILES string of the molecule is COC(=O)c1ccc2nc(CC3CCSC3)nn2c1. The molecular weight excluding hydrogens is 262 g/mol. The molecule has 0 radical (unpaired) electrons. The number of methoxy groups -OCH3 is 1. The highest BCUT2D eigenvalue weighted by molar-refractivity contribution is 7.99. The Balaban J connectivity index is 1.85. The molecule has 1 aliphatic heterocycles. The van der Waals surface area contributed by atoms with Crippen molar-refractivity contribution in [2.24, 2.45) is 5.92 Å². The van der Waals surface area contributed by atoms with E-state index in [1.54, 1.807) is 22.8 Å². The first-order chi connectivity index (χ1) is 9.26. The van der Waals surface area contributed by atoms with Crippen LogP contribution in [0.4, 0.5) is 0 Å². The second-order valence-corrected chi connectivity index (χ2v) is 5.82. The first-order valence-electron chi connectivity index (χ1n) is 6.27.